The van der Waals surface area contributed by atoms with Gasteiger partial charge in [-0.05, 0) is 40.5 Å². The Hall–Kier alpha value is -0.200. The van der Waals surface area contributed by atoms with Gasteiger partial charge in [-0.25, -0.2) is 0 Å². The molecule has 0 aliphatic carbocycles. The highest BCUT2D eigenvalue weighted by molar-refractivity contribution is 5.03. The Morgan fingerprint density at radius 2 is 1.19 bits per heavy atom. The minimum Gasteiger partial charge on any atom is -0.367 e. The van der Waals surface area contributed by atoms with Gasteiger partial charge in [0.05, 0.1) is 12.2 Å². The maximum absolute atomic E-state index is 6.21. The van der Waals surface area contributed by atoms with Gasteiger partial charge in [0.25, 0.3) is 0 Å². The van der Waals surface area contributed by atoms with Crippen molar-refractivity contribution in [1.82, 2.24) is 0 Å². The SMILES string of the molecule is CC(C)[C@@H]1OC(C)(C)O[C@H]2[C@@H]3OC(C)(C)O[C@@H]3[C@H](C)O[C@@H]21. The third-order valence-electron chi connectivity index (χ3n) is 4.47. The lowest BCUT2D eigenvalue weighted by Crippen LogP contribution is -2.66. The molecule has 0 saturated carbocycles. The number of ether oxygens (including phenoxy) is 5. The Bertz CT molecular complexity index is 403. The summed E-state index contributed by atoms with van der Waals surface area (Å²) in [5, 5.41) is 0. The number of rotatable bonds is 1. The average Bonchev–Trinajstić information content (AvgIpc) is 2.66. The second kappa shape index (κ2) is 4.90. The highest BCUT2D eigenvalue weighted by Gasteiger charge is 2.59. The van der Waals surface area contributed by atoms with E-state index in [0.29, 0.717) is 5.92 Å². The second-order valence-corrected chi connectivity index (χ2v) is 7.68. The molecule has 3 aliphatic heterocycles. The Morgan fingerprint density at radius 3 is 1.76 bits per heavy atom. The topological polar surface area (TPSA) is 46.2 Å². The Labute approximate surface area is 127 Å². The standard InChI is InChI=1S/C16H28O5/c1-8(2)10-12-14(21-15(4,5)18-10)13-11(9(3)17-12)19-16(6,7)20-13/h8-14H,1-7H3/t9-,10-,11+,12+,13+,14+/m0/s1. The van der Waals surface area contributed by atoms with Crippen molar-refractivity contribution >= 4 is 0 Å². The van der Waals surface area contributed by atoms with Gasteiger partial charge in [0, 0.05) is 0 Å². The predicted molar refractivity (Wildman–Crippen MR) is 76.8 cm³/mol. The quantitative estimate of drug-likeness (QED) is 0.744. The van der Waals surface area contributed by atoms with Gasteiger partial charge >= 0.3 is 0 Å². The van der Waals surface area contributed by atoms with Crippen LogP contribution in [0.15, 0.2) is 0 Å². The van der Waals surface area contributed by atoms with Crippen molar-refractivity contribution in [1.29, 1.82) is 0 Å². The van der Waals surface area contributed by atoms with E-state index in [9.17, 15) is 0 Å². The molecule has 5 heteroatoms. The summed E-state index contributed by atoms with van der Waals surface area (Å²) in [4.78, 5) is 0. The first-order chi connectivity index (χ1) is 9.60. The van der Waals surface area contributed by atoms with E-state index in [1.165, 1.54) is 0 Å². The van der Waals surface area contributed by atoms with E-state index in [1.54, 1.807) is 0 Å². The summed E-state index contributed by atoms with van der Waals surface area (Å²) in [6, 6.07) is 0. The monoisotopic (exact) mass is 300 g/mol. The fourth-order valence-corrected chi connectivity index (χ4v) is 3.69. The highest BCUT2D eigenvalue weighted by atomic mass is 16.8. The minimum atomic E-state index is -0.638. The van der Waals surface area contributed by atoms with Crippen LogP contribution in [0.3, 0.4) is 0 Å². The van der Waals surface area contributed by atoms with Gasteiger partial charge in [0.2, 0.25) is 0 Å². The third kappa shape index (κ3) is 2.75. The molecule has 0 N–H and O–H groups in total. The molecule has 6 atom stereocenters. The molecule has 3 rings (SSSR count). The van der Waals surface area contributed by atoms with E-state index in [1.807, 2.05) is 34.6 Å². The molecule has 3 saturated heterocycles. The van der Waals surface area contributed by atoms with Gasteiger partial charge in [0.15, 0.2) is 11.6 Å². The van der Waals surface area contributed by atoms with Crippen molar-refractivity contribution < 1.29 is 23.7 Å². The summed E-state index contributed by atoms with van der Waals surface area (Å²) in [6.07, 6.45) is -0.529. The average molecular weight is 300 g/mol. The molecule has 0 unspecified atom stereocenters. The van der Waals surface area contributed by atoms with Crippen LogP contribution in [0.1, 0.15) is 48.5 Å². The molecule has 21 heavy (non-hydrogen) atoms. The predicted octanol–water partition coefficient (Wildman–Crippen LogP) is 2.47. The summed E-state index contributed by atoms with van der Waals surface area (Å²) in [5.41, 5.74) is 0. The summed E-state index contributed by atoms with van der Waals surface area (Å²) < 4.78 is 30.6. The van der Waals surface area contributed by atoms with Gasteiger partial charge in [-0.2, -0.15) is 0 Å². The van der Waals surface area contributed by atoms with E-state index >= 15 is 0 Å². The zero-order valence-electron chi connectivity index (χ0n) is 14.1. The smallest absolute Gasteiger partial charge is 0.164 e. The van der Waals surface area contributed by atoms with Crippen LogP contribution < -0.4 is 0 Å². The van der Waals surface area contributed by atoms with Crippen molar-refractivity contribution in [3.05, 3.63) is 0 Å². The Kier molecular flexibility index (Phi) is 3.66. The van der Waals surface area contributed by atoms with Gasteiger partial charge in [-0.1, -0.05) is 13.8 Å². The fraction of sp³-hybridized carbons (Fsp3) is 1.00. The second-order valence-electron chi connectivity index (χ2n) is 7.68. The van der Waals surface area contributed by atoms with Crippen LogP contribution in [-0.4, -0.2) is 48.2 Å². The molecule has 5 nitrogen and oxygen atoms in total. The lowest BCUT2D eigenvalue weighted by atomic mass is 9.87. The molecule has 3 aliphatic rings. The van der Waals surface area contributed by atoms with Crippen molar-refractivity contribution in [2.45, 2.75) is 96.7 Å². The first-order valence-electron chi connectivity index (χ1n) is 7.96. The van der Waals surface area contributed by atoms with E-state index < -0.39 is 11.6 Å². The van der Waals surface area contributed by atoms with Gasteiger partial charge in [-0.15, -0.1) is 0 Å². The zero-order chi connectivity index (χ0) is 15.6. The molecule has 3 fully saturated rings. The van der Waals surface area contributed by atoms with Gasteiger partial charge in [0.1, 0.15) is 24.4 Å². The van der Waals surface area contributed by atoms with Crippen LogP contribution in [0.2, 0.25) is 0 Å². The molecule has 0 bridgehead atoms. The fourth-order valence-electron chi connectivity index (χ4n) is 3.69. The zero-order valence-corrected chi connectivity index (χ0v) is 14.1. The van der Waals surface area contributed by atoms with Crippen LogP contribution in [0, 0.1) is 5.92 Å². The normalized spacial score (nSPS) is 48.0. The first kappa shape index (κ1) is 15.7. The number of hydrogen-bond donors (Lipinski definition) is 0. The minimum absolute atomic E-state index is 0.00513. The van der Waals surface area contributed by atoms with E-state index in [-0.39, 0.29) is 36.6 Å². The Morgan fingerprint density at radius 1 is 0.714 bits per heavy atom. The largest absolute Gasteiger partial charge is 0.367 e. The molecule has 0 amide bonds. The number of fused-ring (bicyclic) bond motifs is 3. The van der Waals surface area contributed by atoms with Crippen molar-refractivity contribution in [2.24, 2.45) is 5.92 Å². The van der Waals surface area contributed by atoms with Gasteiger partial charge < -0.3 is 23.7 Å². The summed E-state index contributed by atoms with van der Waals surface area (Å²) in [6.45, 7) is 14.1. The van der Waals surface area contributed by atoms with E-state index in [4.69, 9.17) is 23.7 Å². The Balaban J connectivity index is 1.91. The molecule has 3 heterocycles. The lowest BCUT2D eigenvalue weighted by molar-refractivity contribution is -0.376. The molecule has 0 aromatic rings. The van der Waals surface area contributed by atoms with E-state index in [0.717, 1.165) is 0 Å². The maximum atomic E-state index is 6.21. The van der Waals surface area contributed by atoms with Crippen LogP contribution in [-0.2, 0) is 23.7 Å². The van der Waals surface area contributed by atoms with Crippen molar-refractivity contribution in [2.75, 3.05) is 0 Å². The van der Waals surface area contributed by atoms with E-state index in [2.05, 4.69) is 13.8 Å². The molecule has 0 spiro atoms. The molecule has 0 aromatic carbocycles. The molecule has 0 aromatic heterocycles. The molecule has 0 radical (unpaired) electrons. The van der Waals surface area contributed by atoms with Crippen LogP contribution >= 0.6 is 0 Å². The van der Waals surface area contributed by atoms with Crippen LogP contribution in [0.5, 0.6) is 0 Å². The van der Waals surface area contributed by atoms with Crippen LogP contribution in [0.4, 0.5) is 0 Å². The molecular weight excluding hydrogens is 272 g/mol. The maximum Gasteiger partial charge on any atom is 0.164 e. The van der Waals surface area contributed by atoms with Crippen molar-refractivity contribution in [3.8, 4) is 0 Å². The van der Waals surface area contributed by atoms with Gasteiger partial charge in [-0.3, -0.25) is 0 Å². The molecule has 122 valence electrons. The highest BCUT2D eigenvalue weighted by Crippen LogP contribution is 2.44. The summed E-state index contributed by atoms with van der Waals surface area (Å²) in [7, 11) is 0. The summed E-state index contributed by atoms with van der Waals surface area (Å²) in [5.74, 6) is -0.887. The molecular formula is C16H28O5. The van der Waals surface area contributed by atoms with Crippen molar-refractivity contribution in [3.63, 3.8) is 0 Å². The number of hydrogen-bond acceptors (Lipinski definition) is 5. The summed E-state index contributed by atoms with van der Waals surface area (Å²) >= 11 is 0. The lowest BCUT2D eigenvalue weighted by Gasteiger charge is -2.52. The third-order valence-corrected chi connectivity index (χ3v) is 4.47. The van der Waals surface area contributed by atoms with Crippen LogP contribution in [0.25, 0.3) is 0 Å². The first-order valence-corrected chi connectivity index (χ1v) is 7.96.